The summed E-state index contributed by atoms with van der Waals surface area (Å²) in [6.45, 7) is 4.79. The zero-order valence-electron chi connectivity index (χ0n) is 8.45. The van der Waals surface area contributed by atoms with Gasteiger partial charge in [-0.15, -0.1) is 0 Å². The lowest BCUT2D eigenvalue weighted by molar-refractivity contribution is 0.0577. The number of aliphatic hydroxyl groups excluding tert-OH is 2. The van der Waals surface area contributed by atoms with Crippen molar-refractivity contribution >= 4 is 0 Å². The zero-order chi connectivity index (χ0) is 9.68. The van der Waals surface area contributed by atoms with Crippen LogP contribution in [0.5, 0.6) is 0 Å². The van der Waals surface area contributed by atoms with E-state index in [1.54, 1.807) is 0 Å². The average molecular weight is 187 g/mol. The number of hydrogen-bond acceptors (Lipinski definition) is 3. The second-order valence-electron chi connectivity index (χ2n) is 4.04. The van der Waals surface area contributed by atoms with Gasteiger partial charge in [-0.1, -0.05) is 6.92 Å². The smallest absolute Gasteiger partial charge is 0.0897 e. The second-order valence-corrected chi connectivity index (χ2v) is 4.04. The Morgan fingerprint density at radius 2 is 2.15 bits per heavy atom. The van der Waals surface area contributed by atoms with E-state index in [1.807, 2.05) is 0 Å². The van der Waals surface area contributed by atoms with Crippen LogP contribution in [0.15, 0.2) is 0 Å². The van der Waals surface area contributed by atoms with E-state index in [0.29, 0.717) is 6.54 Å². The second kappa shape index (κ2) is 5.58. The van der Waals surface area contributed by atoms with Crippen molar-refractivity contribution in [2.24, 2.45) is 5.92 Å². The molecule has 1 fully saturated rings. The first-order chi connectivity index (χ1) is 6.26. The van der Waals surface area contributed by atoms with Gasteiger partial charge in [0.2, 0.25) is 0 Å². The summed E-state index contributed by atoms with van der Waals surface area (Å²) in [5, 5.41) is 18.0. The van der Waals surface area contributed by atoms with Gasteiger partial charge in [-0.25, -0.2) is 0 Å². The van der Waals surface area contributed by atoms with Crippen molar-refractivity contribution in [2.45, 2.75) is 32.3 Å². The summed E-state index contributed by atoms with van der Waals surface area (Å²) in [6, 6.07) is 0. The fraction of sp³-hybridized carbons (Fsp3) is 1.00. The number of hydrogen-bond donors (Lipinski definition) is 2. The fourth-order valence-corrected chi connectivity index (χ4v) is 1.59. The average Bonchev–Trinajstić information content (AvgIpc) is 2.88. The van der Waals surface area contributed by atoms with Crippen LogP contribution in [0.2, 0.25) is 0 Å². The minimum atomic E-state index is -0.565. The third-order valence-electron chi connectivity index (χ3n) is 2.43. The monoisotopic (exact) mass is 187 g/mol. The molecule has 2 N–H and O–H groups in total. The molecule has 1 atom stereocenters. The van der Waals surface area contributed by atoms with E-state index in [0.717, 1.165) is 25.4 Å². The van der Waals surface area contributed by atoms with Gasteiger partial charge in [-0.3, -0.25) is 0 Å². The lowest BCUT2D eigenvalue weighted by Crippen LogP contribution is -2.36. The quantitative estimate of drug-likeness (QED) is 0.608. The van der Waals surface area contributed by atoms with Crippen LogP contribution in [-0.2, 0) is 0 Å². The molecule has 0 amide bonds. The maximum absolute atomic E-state index is 9.30. The molecular weight excluding hydrogens is 166 g/mol. The van der Waals surface area contributed by atoms with Crippen molar-refractivity contribution in [3.8, 4) is 0 Å². The van der Waals surface area contributed by atoms with Crippen molar-refractivity contribution in [1.82, 2.24) is 4.90 Å². The Balaban J connectivity index is 2.18. The van der Waals surface area contributed by atoms with Gasteiger partial charge in [0, 0.05) is 13.1 Å². The van der Waals surface area contributed by atoms with Crippen LogP contribution in [0.3, 0.4) is 0 Å². The summed E-state index contributed by atoms with van der Waals surface area (Å²) >= 11 is 0. The molecule has 0 aromatic heterocycles. The molecule has 0 spiro atoms. The number of rotatable bonds is 7. The van der Waals surface area contributed by atoms with Crippen LogP contribution in [0, 0.1) is 5.92 Å². The van der Waals surface area contributed by atoms with E-state index >= 15 is 0 Å². The Morgan fingerprint density at radius 3 is 2.62 bits per heavy atom. The molecule has 78 valence electrons. The Morgan fingerprint density at radius 1 is 1.46 bits per heavy atom. The molecule has 1 unspecified atom stereocenters. The number of aliphatic hydroxyl groups is 2. The van der Waals surface area contributed by atoms with Gasteiger partial charge < -0.3 is 15.1 Å². The highest BCUT2D eigenvalue weighted by molar-refractivity contribution is 4.78. The number of nitrogens with zero attached hydrogens (tertiary/aromatic N) is 1. The predicted octanol–water partition coefficient (Wildman–Crippen LogP) is 0.462. The van der Waals surface area contributed by atoms with Crippen LogP contribution >= 0.6 is 0 Å². The van der Waals surface area contributed by atoms with Gasteiger partial charge >= 0.3 is 0 Å². The molecule has 0 heterocycles. The minimum Gasteiger partial charge on any atom is -0.394 e. The van der Waals surface area contributed by atoms with Gasteiger partial charge in [-0.05, 0) is 31.7 Å². The minimum absolute atomic E-state index is 0.120. The largest absolute Gasteiger partial charge is 0.394 e. The van der Waals surface area contributed by atoms with Crippen LogP contribution in [0.1, 0.15) is 26.2 Å². The van der Waals surface area contributed by atoms with Crippen LogP contribution in [-0.4, -0.2) is 47.5 Å². The lowest BCUT2D eigenvalue weighted by Gasteiger charge is -2.23. The summed E-state index contributed by atoms with van der Waals surface area (Å²) in [5.41, 5.74) is 0. The standard InChI is InChI=1S/C10H21NO2/c1-2-5-11(6-9-3-4-9)7-10(13)8-12/h9-10,12-13H,2-8H2,1H3. The molecule has 1 saturated carbocycles. The van der Waals surface area contributed by atoms with Gasteiger partial charge in [0.15, 0.2) is 0 Å². The lowest BCUT2D eigenvalue weighted by atomic mass is 10.3. The topological polar surface area (TPSA) is 43.7 Å². The molecule has 0 bridgehead atoms. The predicted molar refractivity (Wildman–Crippen MR) is 52.5 cm³/mol. The summed E-state index contributed by atoms with van der Waals surface area (Å²) in [6.07, 6.45) is 3.24. The highest BCUT2D eigenvalue weighted by Gasteiger charge is 2.24. The molecule has 1 rings (SSSR count). The third kappa shape index (κ3) is 4.60. The van der Waals surface area contributed by atoms with Crippen molar-refractivity contribution in [1.29, 1.82) is 0 Å². The van der Waals surface area contributed by atoms with Gasteiger partial charge in [0.1, 0.15) is 0 Å². The fourth-order valence-electron chi connectivity index (χ4n) is 1.59. The van der Waals surface area contributed by atoms with Gasteiger partial charge in [-0.2, -0.15) is 0 Å². The molecule has 0 aliphatic heterocycles. The van der Waals surface area contributed by atoms with Crippen LogP contribution in [0.25, 0.3) is 0 Å². The molecule has 3 nitrogen and oxygen atoms in total. The Hall–Kier alpha value is -0.120. The van der Waals surface area contributed by atoms with E-state index in [2.05, 4.69) is 11.8 Å². The maximum atomic E-state index is 9.30. The molecule has 0 saturated heterocycles. The van der Waals surface area contributed by atoms with Crippen LogP contribution in [0.4, 0.5) is 0 Å². The van der Waals surface area contributed by atoms with Crippen LogP contribution < -0.4 is 0 Å². The SMILES string of the molecule is CCCN(CC(O)CO)CC1CC1. The van der Waals surface area contributed by atoms with E-state index in [4.69, 9.17) is 5.11 Å². The summed E-state index contributed by atoms with van der Waals surface area (Å²) in [4.78, 5) is 2.26. The van der Waals surface area contributed by atoms with E-state index in [-0.39, 0.29) is 6.61 Å². The van der Waals surface area contributed by atoms with Gasteiger partial charge in [0.05, 0.1) is 12.7 Å². The molecule has 13 heavy (non-hydrogen) atoms. The Bertz CT molecular complexity index is 137. The van der Waals surface area contributed by atoms with Crippen molar-refractivity contribution in [3.63, 3.8) is 0 Å². The summed E-state index contributed by atoms with van der Waals surface area (Å²) < 4.78 is 0. The van der Waals surface area contributed by atoms with Crippen molar-refractivity contribution < 1.29 is 10.2 Å². The molecule has 0 radical (unpaired) electrons. The summed E-state index contributed by atoms with van der Waals surface area (Å²) in [7, 11) is 0. The third-order valence-corrected chi connectivity index (χ3v) is 2.43. The molecule has 0 aromatic carbocycles. The van der Waals surface area contributed by atoms with E-state index < -0.39 is 6.10 Å². The highest BCUT2D eigenvalue weighted by Crippen LogP contribution is 2.29. The normalized spacial score (nSPS) is 19.4. The molecule has 3 heteroatoms. The summed E-state index contributed by atoms with van der Waals surface area (Å²) in [5.74, 6) is 0.859. The molecule has 1 aliphatic carbocycles. The van der Waals surface area contributed by atoms with E-state index in [1.165, 1.54) is 12.8 Å². The van der Waals surface area contributed by atoms with Gasteiger partial charge in [0.25, 0.3) is 0 Å². The molecular formula is C10H21NO2. The first-order valence-corrected chi connectivity index (χ1v) is 5.27. The maximum Gasteiger partial charge on any atom is 0.0897 e. The Kier molecular flexibility index (Phi) is 4.70. The first-order valence-electron chi connectivity index (χ1n) is 5.27. The molecule has 1 aliphatic rings. The van der Waals surface area contributed by atoms with E-state index in [9.17, 15) is 5.11 Å². The van der Waals surface area contributed by atoms with Crippen molar-refractivity contribution in [2.75, 3.05) is 26.2 Å². The molecule has 0 aromatic rings. The van der Waals surface area contributed by atoms with Crippen molar-refractivity contribution in [3.05, 3.63) is 0 Å². The highest BCUT2D eigenvalue weighted by atomic mass is 16.3. The zero-order valence-corrected chi connectivity index (χ0v) is 8.45. The Labute approximate surface area is 80.4 Å². The first kappa shape index (κ1) is 11.0.